The Morgan fingerprint density at radius 3 is 2.75 bits per heavy atom. The molecule has 1 N–H and O–H groups in total. The molecule has 0 bridgehead atoms. The normalized spacial score (nSPS) is 21.0. The summed E-state index contributed by atoms with van der Waals surface area (Å²) in [5.74, 6) is 1.64. The molecule has 2 aromatic carbocycles. The van der Waals surface area contributed by atoms with Crippen molar-refractivity contribution >= 4 is 28.1 Å². The smallest absolute Gasteiger partial charge is 0.243 e. The molecule has 2 atom stereocenters. The van der Waals surface area contributed by atoms with Crippen LogP contribution in [0.4, 0.5) is 0 Å². The van der Waals surface area contributed by atoms with Crippen LogP contribution in [0.25, 0.3) is 0 Å². The number of hydrogen-bond donors (Lipinski definition) is 1. The van der Waals surface area contributed by atoms with E-state index in [2.05, 4.69) is 38.6 Å². The number of rotatable bonds is 4. The largest absolute Gasteiger partial charge is 0.454 e. The lowest BCUT2D eigenvalue weighted by atomic mass is 10.1. The van der Waals surface area contributed by atoms with Crippen molar-refractivity contribution < 1.29 is 14.3 Å². The minimum Gasteiger partial charge on any atom is -0.454 e. The number of nitrogens with zero attached hydrogens (tertiary/aromatic N) is 1. The fourth-order valence-electron chi connectivity index (χ4n) is 2.83. The van der Waals surface area contributed by atoms with Crippen molar-refractivity contribution in [1.82, 2.24) is 5.43 Å². The van der Waals surface area contributed by atoms with Gasteiger partial charge in [-0.25, -0.2) is 5.43 Å². The van der Waals surface area contributed by atoms with Gasteiger partial charge in [-0.15, -0.1) is 0 Å². The van der Waals surface area contributed by atoms with Crippen molar-refractivity contribution in [3.05, 3.63) is 58.1 Å². The number of carbonyl (C=O) groups is 1. The average molecular weight is 387 g/mol. The third kappa shape index (κ3) is 3.01. The Kier molecular flexibility index (Phi) is 3.98. The highest BCUT2D eigenvalue weighted by molar-refractivity contribution is 9.10. The van der Waals surface area contributed by atoms with Gasteiger partial charge in [-0.1, -0.05) is 30.3 Å². The first kappa shape index (κ1) is 15.2. The SMILES string of the molecule is O=C(N/N=C\c1cc2c(cc1Br)OCO2)[C@H]1C[C@H]1c1ccccc1. The quantitative estimate of drug-likeness (QED) is 0.646. The van der Waals surface area contributed by atoms with Crippen LogP contribution in [-0.4, -0.2) is 18.9 Å². The van der Waals surface area contributed by atoms with Gasteiger partial charge in [-0.3, -0.25) is 4.79 Å². The first-order valence-corrected chi connectivity index (χ1v) is 8.48. The zero-order chi connectivity index (χ0) is 16.5. The molecule has 2 aromatic rings. The summed E-state index contributed by atoms with van der Waals surface area (Å²) in [7, 11) is 0. The van der Waals surface area contributed by atoms with Crippen LogP contribution in [0.2, 0.25) is 0 Å². The molecule has 1 aliphatic carbocycles. The summed E-state index contributed by atoms with van der Waals surface area (Å²) in [6, 6.07) is 13.8. The molecule has 4 rings (SSSR count). The van der Waals surface area contributed by atoms with E-state index in [-0.39, 0.29) is 18.6 Å². The standard InChI is InChI=1S/C18H15BrN2O3/c19-15-8-17-16(23-10-24-17)6-12(15)9-20-21-18(22)14-7-13(14)11-4-2-1-3-5-11/h1-6,8-9,13-14H,7,10H2,(H,21,22)/b20-9-/t13-,14-/m0/s1. The lowest BCUT2D eigenvalue weighted by Crippen LogP contribution is -2.20. The number of fused-ring (bicyclic) bond motifs is 1. The van der Waals surface area contributed by atoms with E-state index in [1.807, 2.05) is 30.3 Å². The van der Waals surface area contributed by atoms with Gasteiger partial charge in [0.15, 0.2) is 11.5 Å². The van der Waals surface area contributed by atoms with E-state index in [1.54, 1.807) is 6.21 Å². The Balaban J connectivity index is 1.37. The maximum atomic E-state index is 12.2. The molecule has 1 aliphatic heterocycles. The molecule has 0 aromatic heterocycles. The second-order valence-corrected chi connectivity index (χ2v) is 6.67. The molecule has 0 unspecified atom stereocenters. The molecular weight excluding hydrogens is 372 g/mol. The highest BCUT2D eigenvalue weighted by Crippen LogP contribution is 2.47. The fraction of sp³-hybridized carbons (Fsp3) is 0.222. The highest BCUT2D eigenvalue weighted by Gasteiger charge is 2.43. The summed E-state index contributed by atoms with van der Waals surface area (Å²) in [5, 5.41) is 4.07. The first-order valence-electron chi connectivity index (χ1n) is 7.69. The molecule has 2 aliphatic rings. The van der Waals surface area contributed by atoms with Gasteiger partial charge in [0, 0.05) is 16.0 Å². The number of carbonyl (C=O) groups excluding carboxylic acids is 1. The number of hydrazone groups is 1. The number of nitrogens with one attached hydrogen (secondary N) is 1. The molecule has 122 valence electrons. The van der Waals surface area contributed by atoms with E-state index in [0.29, 0.717) is 17.4 Å². The molecule has 0 radical (unpaired) electrons. The minimum atomic E-state index is -0.0445. The summed E-state index contributed by atoms with van der Waals surface area (Å²) < 4.78 is 11.5. The summed E-state index contributed by atoms with van der Waals surface area (Å²) in [4.78, 5) is 12.2. The van der Waals surface area contributed by atoms with Crippen molar-refractivity contribution in [1.29, 1.82) is 0 Å². The monoisotopic (exact) mass is 386 g/mol. The van der Waals surface area contributed by atoms with E-state index in [1.165, 1.54) is 5.56 Å². The Hall–Kier alpha value is -2.34. The van der Waals surface area contributed by atoms with Crippen LogP contribution in [0.5, 0.6) is 11.5 Å². The van der Waals surface area contributed by atoms with Crippen LogP contribution in [0.1, 0.15) is 23.5 Å². The molecule has 1 amide bonds. The van der Waals surface area contributed by atoms with Gasteiger partial charge < -0.3 is 9.47 Å². The Morgan fingerprint density at radius 2 is 1.96 bits per heavy atom. The van der Waals surface area contributed by atoms with Crippen LogP contribution in [0.3, 0.4) is 0 Å². The van der Waals surface area contributed by atoms with Crippen LogP contribution in [0, 0.1) is 5.92 Å². The predicted molar refractivity (Wildman–Crippen MR) is 93.3 cm³/mol. The Labute approximate surface area is 147 Å². The number of halogens is 1. The van der Waals surface area contributed by atoms with Crippen LogP contribution < -0.4 is 14.9 Å². The lowest BCUT2D eigenvalue weighted by molar-refractivity contribution is -0.122. The van der Waals surface area contributed by atoms with Crippen LogP contribution >= 0.6 is 15.9 Å². The summed E-state index contributed by atoms with van der Waals surface area (Å²) in [5.41, 5.74) is 4.65. The molecule has 1 fully saturated rings. The van der Waals surface area contributed by atoms with Gasteiger partial charge in [0.05, 0.1) is 6.21 Å². The van der Waals surface area contributed by atoms with Gasteiger partial charge in [-0.05, 0) is 46.0 Å². The van der Waals surface area contributed by atoms with E-state index < -0.39 is 0 Å². The van der Waals surface area contributed by atoms with Crippen molar-refractivity contribution in [2.24, 2.45) is 11.0 Å². The van der Waals surface area contributed by atoms with Crippen molar-refractivity contribution in [3.63, 3.8) is 0 Å². The molecule has 5 nitrogen and oxygen atoms in total. The van der Waals surface area contributed by atoms with Gasteiger partial charge in [0.25, 0.3) is 0 Å². The third-order valence-corrected chi connectivity index (χ3v) is 4.91. The summed E-state index contributed by atoms with van der Waals surface area (Å²) >= 11 is 3.46. The van der Waals surface area contributed by atoms with Crippen LogP contribution in [-0.2, 0) is 4.79 Å². The topological polar surface area (TPSA) is 59.9 Å². The highest BCUT2D eigenvalue weighted by atomic mass is 79.9. The van der Waals surface area contributed by atoms with Crippen molar-refractivity contribution in [3.8, 4) is 11.5 Å². The average Bonchev–Trinajstić information content (AvgIpc) is 3.28. The van der Waals surface area contributed by atoms with Gasteiger partial charge in [0.1, 0.15) is 0 Å². The van der Waals surface area contributed by atoms with Gasteiger partial charge in [0.2, 0.25) is 12.7 Å². The summed E-state index contributed by atoms with van der Waals surface area (Å²) in [6.45, 7) is 0.224. The minimum absolute atomic E-state index is 0.00439. The van der Waals surface area contributed by atoms with E-state index in [9.17, 15) is 4.79 Å². The van der Waals surface area contributed by atoms with Gasteiger partial charge >= 0.3 is 0 Å². The molecular formula is C18H15BrN2O3. The second kappa shape index (κ2) is 6.28. The predicted octanol–water partition coefficient (Wildman–Crippen LogP) is 3.43. The number of amides is 1. The second-order valence-electron chi connectivity index (χ2n) is 5.82. The van der Waals surface area contributed by atoms with E-state index in [4.69, 9.17) is 9.47 Å². The molecule has 0 saturated heterocycles. The third-order valence-electron chi connectivity index (χ3n) is 4.23. The maximum Gasteiger partial charge on any atom is 0.243 e. The Bertz CT molecular complexity index is 807. The lowest BCUT2D eigenvalue weighted by Gasteiger charge is -2.02. The molecule has 6 heteroatoms. The van der Waals surface area contributed by atoms with Crippen LogP contribution in [0.15, 0.2) is 52.0 Å². The van der Waals surface area contributed by atoms with Crippen molar-refractivity contribution in [2.75, 3.05) is 6.79 Å². The number of ether oxygens (including phenoxy) is 2. The Morgan fingerprint density at radius 1 is 1.21 bits per heavy atom. The van der Waals surface area contributed by atoms with Gasteiger partial charge in [-0.2, -0.15) is 5.10 Å². The zero-order valence-electron chi connectivity index (χ0n) is 12.7. The first-order chi connectivity index (χ1) is 11.7. The van der Waals surface area contributed by atoms with E-state index in [0.717, 1.165) is 16.5 Å². The summed E-state index contributed by atoms with van der Waals surface area (Å²) in [6.07, 6.45) is 2.48. The van der Waals surface area contributed by atoms with E-state index >= 15 is 0 Å². The molecule has 0 spiro atoms. The molecule has 1 saturated carbocycles. The number of benzene rings is 2. The molecule has 24 heavy (non-hydrogen) atoms. The number of hydrogen-bond acceptors (Lipinski definition) is 4. The van der Waals surface area contributed by atoms with Crippen molar-refractivity contribution in [2.45, 2.75) is 12.3 Å². The maximum absolute atomic E-state index is 12.2. The zero-order valence-corrected chi connectivity index (χ0v) is 14.3. The molecule has 1 heterocycles. The fourth-order valence-corrected chi connectivity index (χ4v) is 3.26.